The Hall–Kier alpha value is -1.42. The molecular weight excluding hydrogens is 245 g/mol. The highest BCUT2D eigenvalue weighted by Gasteiger charge is 2.23. The highest BCUT2D eigenvalue weighted by Crippen LogP contribution is 2.29. The molecule has 1 aromatic carbocycles. The van der Waals surface area contributed by atoms with Gasteiger partial charge in [0.1, 0.15) is 12.1 Å². The van der Waals surface area contributed by atoms with Gasteiger partial charge in [0.2, 0.25) is 0 Å². The van der Waals surface area contributed by atoms with Crippen molar-refractivity contribution in [3.8, 4) is 0 Å². The number of aldehydes is 1. The zero-order valence-electron chi connectivity index (χ0n) is 11.0. The molecule has 4 heteroatoms. The zero-order valence-corrected chi connectivity index (χ0v) is 11.0. The van der Waals surface area contributed by atoms with Crippen LogP contribution in [0.5, 0.6) is 0 Å². The molecule has 0 bridgehead atoms. The number of hydrogen-bond donors (Lipinski definition) is 1. The normalized spacial score (nSPS) is 16.3. The topological polar surface area (TPSA) is 40.5 Å². The van der Waals surface area contributed by atoms with Gasteiger partial charge in [-0.2, -0.15) is 0 Å². The fourth-order valence-corrected chi connectivity index (χ4v) is 2.83. The van der Waals surface area contributed by atoms with Gasteiger partial charge in [-0.25, -0.2) is 4.39 Å². The Morgan fingerprint density at radius 1 is 1.32 bits per heavy atom. The number of hydrogen-bond acceptors (Lipinski definition) is 3. The third-order valence-electron chi connectivity index (χ3n) is 3.77. The first-order chi connectivity index (χ1) is 9.26. The van der Waals surface area contributed by atoms with Crippen LogP contribution in [-0.4, -0.2) is 30.6 Å². The van der Waals surface area contributed by atoms with Gasteiger partial charge in [0.15, 0.2) is 0 Å². The summed E-state index contributed by atoms with van der Waals surface area (Å²) in [6.45, 7) is 0.438. The molecule has 1 fully saturated rings. The summed E-state index contributed by atoms with van der Waals surface area (Å²) >= 11 is 0. The van der Waals surface area contributed by atoms with E-state index in [-0.39, 0.29) is 18.5 Å². The molecule has 104 valence electrons. The van der Waals surface area contributed by atoms with Crippen LogP contribution >= 0.6 is 0 Å². The average Bonchev–Trinajstić information content (AvgIpc) is 2.46. The van der Waals surface area contributed by atoms with Crippen LogP contribution in [0.2, 0.25) is 0 Å². The summed E-state index contributed by atoms with van der Waals surface area (Å²) in [6, 6.07) is 4.81. The van der Waals surface area contributed by atoms with Crippen molar-refractivity contribution in [3.63, 3.8) is 0 Å². The Morgan fingerprint density at radius 3 is 2.63 bits per heavy atom. The molecule has 1 N–H and O–H groups in total. The van der Waals surface area contributed by atoms with Crippen LogP contribution in [0, 0.1) is 5.82 Å². The highest BCUT2D eigenvalue weighted by atomic mass is 19.1. The molecule has 0 unspecified atom stereocenters. The number of carbonyl (C=O) groups excluding carboxylic acids is 1. The summed E-state index contributed by atoms with van der Waals surface area (Å²) in [6.07, 6.45) is 6.25. The summed E-state index contributed by atoms with van der Waals surface area (Å²) < 4.78 is 14.1. The van der Waals surface area contributed by atoms with E-state index in [1.165, 1.54) is 12.5 Å². The summed E-state index contributed by atoms with van der Waals surface area (Å²) in [5, 5.41) is 9.20. The molecular formula is C15H20FNO2. The first kappa shape index (κ1) is 14.0. The van der Waals surface area contributed by atoms with Crippen molar-refractivity contribution in [2.75, 3.05) is 18.1 Å². The Bertz CT molecular complexity index is 430. The predicted octanol–water partition coefficient (Wildman–Crippen LogP) is 2.77. The summed E-state index contributed by atoms with van der Waals surface area (Å²) in [5.74, 6) is -0.386. The molecule has 1 saturated carbocycles. The second-order valence-corrected chi connectivity index (χ2v) is 5.04. The third-order valence-corrected chi connectivity index (χ3v) is 3.77. The summed E-state index contributed by atoms with van der Waals surface area (Å²) in [5.41, 5.74) is 0.834. The lowest BCUT2D eigenvalue weighted by Crippen LogP contribution is -2.39. The second kappa shape index (κ2) is 6.66. The maximum Gasteiger partial charge on any atom is 0.150 e. The zero-order chi connectivity index (χ0) is 13.7. The molecule has 0 amide bonds. The lowest BCUT2D eigenvalue weighted by molar-refractivity contribution is 0.112. The van der Waals surface area contributed by atoms with Gasteiger partial charge in [0.05, 0.1) is 12.3 Å². The van der Waals surface area contributed by atoms with Crippen LogP contribution in [0.1, 0.15) is 42.5 Å². The van der Waals surface area contributed by atoms with E-state index in [1.54, 1.807) is 12.1 Å². The molecule has 1 aliphatic carbocycles. The van der Waals surface area contributed by atoms with Crippen LogP contribution in [0.3, 0.4) is 0 Å². The Morgan fingerprint density at radius 2 is 2.05 bits per heavy atom. The van der Waals surface area contributed by atoms with Crippen molar-refractivity contribution in [1.82, 2.24) is 0 Å². The Labute approximate surface area is 113 Å². The van der Waals surface area contributed by atoms with Crippen LogP contribution in [0.15, 0.2) is 18.2 Å². The van der Waals surface area contributed by atoms with Crippen LogP contribution in [-0.2, 0) is 0 Å². The molecule has 1 aliphatic rings. The van der Waals surface area contributed by atoms with Crippen LogP contribution in [0.25, 0.3) is 0 Å². The van der Waals surface area contributed by atoms with Crippen LogP contribution < -0.4 is 4.90 Å². The van der Waals surface area contributed by atoms with Gasteiger partial charge in [0.25, 0.3) is 0 Å². The van der Waals surface area contributed by atoms with Crippen molar-refractivity contribution in [2.24, 2.45) is 0 Å². The molecule has 2 rings (SSSR count). The number of carbonyl (C=O) groups is 1. The SMILES string of the molecule is O=Cc1ccc(N(CCO)C2CCCCC2)c(F)c1. The number of nitrogens with zero attached hydrogens (tertiary/aromatic N) is 1. The number of aliphatic hydroxyl groups excluding tert-OH is 1. The van der Waals surface area contributed by atoms with Gasteiger partial charge in [-0.15, -0.1) is 0 Å². The quantitative estimate of drug-likeness (QED) is 0.832. The van der Waals surface area contributed by atoms with Crippen molar-refractivity contribution in [3.05, 3.63) is 29.6 Å². The van der Waals surface area contributed by atoms with Gasteiger partial charge in [-0.05, 0) is 31.0 Å². The standard InChI is InChI=1S/C15H20FNO2/c16-14-10-12(11-19)6-7-15(14)17(8-9-18)13-4-2-1-3-5-13/h6-7,10-11,13,18H,1-5,8-9H2. The maximum absolute atomic E-state index is 14.1. The lowest BCUT2D eigenvalue weighted by atomic mass is 9.93. The highest BCUT2D eigenvalue weighted by molar-refractivity contribution is 5.76. The first-order valence-electron chi connectivity index (χ1n) is 6.88. The van der Waals surface area contributed by atoms with Crippen molar-refractivity contribution >= 4 is 12.0 Å². The minimum Gasteiger partial charge on any atom is -0.395 e. The Kier molecular flexibility index (Phi) is 4.91. The number of benzene rings is 1. The minimum atomic E-state index is -0.386. The molecule has 0 atom stereocenters. The van der Waals surface area contributed by atoms with E-state index in [9.17, 15) is 14.3 Å². The van der Waals surface area contributed by atoms with E-state index < -0.39 is 0 Å². The maximum atomic E-state index is 14.1. The minimum absolute atomic E-state index is 0.00533. The molecule has 0 aliphatic heterocycles. The van der Waals surface area contributed by atoms with E-state index in [0.29, 0.717) is 24.1 Å². The van der Waals surface area contributed by atoms with Gasteiger partial charge >= 0.3 is 0 Å². The van der Waals surface area contributed by atoms with E-state index in [0.717, 1.165) is 25.7 Å². The largest absolute Gasteiger partial charge is 0.395 e. The van der Waals surface area contributed by atoms with Gasteiger partial charge in [0, 0.05) is 18.2 Å². The molecule has 3 nitrogen and oxygen atoms in total. The number of aliphatic hydroxyl groups is 1. The first-order valence-corrected chi connectivity index (χ1v) is 6.88. The number of halogens is 1. The molecule has 19 heavy (non-hydrogen) atoms. The molecule has 0 saturated heterocycles. The van der Waals surface area contributed by atoms with Gasteiger partial charge in [-0.3, -0.25) is 4.79 Å². The number of rotatable bonds is 5. The van der Waals surface area contributed by atoms with E-state index in [1.807, 2.05) is 4.90 Å². The molecule has 0 spiro atoms. The average molecular weight is 265 g/mol. The second-order valence-electron chi connectivity index (χ2n) is 5.04. The van der Waals surface area contributed by atoms with E-state index in [4.69, 9.17) is 0 Å². The fraction of sp³-hybridized carbons (Fsp3) is 0.533. The van der Waals surface area contributed by atoms with Crippen molar-refractivity contribution in [2.45, 2.75) is 38.1 Å². The fourth-order valence-electron chi connectivity index (χ4n) is 2.83. The summed E-state index contributed by atoms with van der Waals surface area (Å²) in [7, 11) is 0. The predicted molar refractivity (Wildman–Crippen MR) is 73.1 cm³/mol. The van der Waals surface area contributed by atoms with E-state index in [2.05, 4.69) is 0 Å². The lowest BCUT2D eigenvalue weighted by Gasteiger charge is -2.36. The van der Waals surface area contributed by atoms with Gasteiger partial charge < -0.3 is 10.0 Å². The van der Waals surface area contributed by atoms with Gasteiger partial charge in [-0.1, -0.05) is 19.3 Å². The molecule has 0 aromatic heterocycles. The molecule has 1 aromatic rings. The summed E-state index contributed by atoms with van der Waals surface area (Å²) in [4.78, 5) is 12.6. The van der Waals surface area contributed by atoms with E-state index >= 15 is 0 Å². The van der Waals surface area contributed by atoms with Crippen molar-refractivity contribution in [1.29, 1.82) is 0 Å². The molecule has 0 heterocycles. The monoisotopic (exact) mass is 265 g/mol. The molecule has 0 radical (unpaired) electrons. The number of anilines is 1. The smallest absolute Gasteiger partial charge is 0.150 e. The third kappa shape index (κ3) is 3.32. The van der Waals surface area contributed by atoms with Crippen LogP contribution in [0.4, 0.5) is 10.1 Å². The Balaban J connectivity index is 2.24. The van der Waals surface area contributed by atoms with Crippen molar-refractivity contribution < 1.29 is 14.3 Å².